The smallest absolute Gasteiger partial charge is 0.293 e. The van der Waals surface area contributed by atoms with Crippen LogP contribution in [0.25, 0.3) is 5.57 Å². The van der Waals surface area contributed by atoms with E-state index in [-0.39, 0.29) is 11.7 Å². The fourth-order valence-corrected chi connectivity index (χ4v) is 2.80. The minimum atomic E-state index is -4.35. The van der Waals surface area contributed by atoms with Crippen LogP contribution in [0, 0.1) is 5.92 Å². The summed E-state index contributed by atoms with van der Waals surface area (Å²) in [6.07, 6.45) is 2.73. The molecular formula is C21H24F3NO. The summed E-state index contributed by atoms with van der Waals surface area (Å²) >= 11 is 0. The molecule has 1 heterocycles. The van der Waals surface area contributed by atoms with Gasteiger partial charge in [-0.25, -0.2) is 4.99 Å². The minimum Gasteiger partial charge on any atom is -0.293 e. The van der Waals surface area contributed by atoms with Crippen molar-refractivity contribution in [3.63, 3.8) is 0 Å². The van der Waals surface area contributed by atoms with Crippen LogP contribution in [0.2, 0.25) is 0 Å². The molecule has 2 rings (SSSR count). The van der Waals surface area contributed by atoms with E-state index >= 15 is 0 Å². The van der Waals surface area contributed by atoms with Crippen LogP contribution in [0.1, 0.15) is 57.6 Å². The third-order valence-electron chi connectivity index (χ3n) is 4.63. The lowest BCUT2D eigenvalue weighted by molar-refractivity contribution is -0.137. The first kappa shape index (κ1) is 20.1. The summed E-state index contributed by atoms with van der Waals surface area (Å²) in [5.41, 5.74) is 2.12. The predicted octanol–water partition coefficient (Wildman–Crippen LogP) is 6.23. The number of alkyl halides is 3. The number of Topliss-reactive ketones (excluding diaryl/α,β-unsaturated/α-hetero) is 1. The molecule has 0 spiro atoms. The number of nitrogens with zero attached hydrogens (tertiary/aromatic N) is 1. The maximum Gasteiger partial charge on any atom is 0.416 e. The van der Waals surface area contributed by atoms with Crippen LogP contribution in [0.5, 0.6) is 0 Å². The average Bonchev–Trinajstić information content (AvgIpc) is 2.70. The molecule has 0 aromatic heterocycles. The summed E-state index contributed by atoms with van der Waals surface area (Å²) in [4.78, 5) is 16.6. The maximum absolute atomic E-state index is 12.8. The van der Waals surface area contributed by atoms with E-state index in [4.69, 9.17) is 0 Å². The first-order valence-corrected chi connectivity index (χ1v) is 8.90. The number of aliphatic imine (C=N–C) groups is 1. The van der Waals surface area contributed by atoms with E-state index in [1.54, 1.807) is 6.08 Å². The van der Waals surface area contributed by atoms with Gasteiger partial charge in [-0.2, -0.15) is 13.2 Å². The lowest BCUT2D eigenvalue weighted by Crippen LogP contribution is -2.10. The van der Waals surface area contributed by atoms with Gasteiger partial charge in [0.1, 0.15) is 5.71 Å². The standard InChI is InChI=1S/C21H24F3NO/c1-4-14(2)19-8-6-5-7-17(13-20(25-19)15(3)26)16-9-11-18(12-10-16)21(22,23)24/h8-14H,4-7H2,1-3H3/b17-13-,19-8?,25-20?. The molecule has 0 aliphatic carbocycles. The maximum atomic E-state index is 12.8. The molecule has 0 saturated heterocycles. The van der Waals surface area contributed by atoms with Gasteiger partial charge in [-0.15, -0.1) is 0 Å². The van der Waals surface area contributed by atoms with Crippen molar-refractivity contribution in [3.8, 4) is 0 Å². The van der Waals surface area contributed by atoms with Crippen LogP contribution in [0.4, 0.5) is 13.2 Å². The highest BCUT2D eigenvalue weighted by Crippen LogP contribution is 2.31. The minimum absolute atomic E-state index is 0.148. The van der Waals surface area contributed by atoms with E-state index in [9.17, 15) is 18.0 Å². The number of ketones is 1. The summed E-state index contributed by atoms with van der Waals surface area (Å²) in [7, 11) is 0. The van der Waals surface area contributed by atoms with Crippen LogP contribution < -0.4 is 0 Å². The summed E-state index contributed by atoms with van der Waals surface area (Å²) in [6, 6.07) is 5.09. The van der Waals surface area contributed by atoms with Gasteiger partial charge in [0.25, 0.3) is 0 Å². The number of benzene rings is 1. The zero-order chi connectivity index (χ0) is 19.3. The van der Waals surface area contributed by atoms with Crippen molar-refractivity contribution in [2.24, 2.45) is 10.9 Å². The van der Waals surface area contributed by atoms with Crippen molar-refractivity contribution in [2.75, 3.05) is 0 Å². The fourth-order valence-electron chi connectivity index (χ4n) is 2.80. The van der Waals surface area contributed by atoms with Gasteiger partial charge in [0.05, 0.1) is 5.56 Å². The Hall–Kier alpha value is -2.17. The summed E-state index contributed by atoms with van der Waals surface area (Å²) in [6.45, 7) is 5.61. The molecule has 1 aromatic rings. The number of halogens is 3. The average molecular weight is 363 g/mol. The number of hydrogen-bond donors (Lipinski definition) is 0. The van der Waals surface area contributed by atoms with Gasteiger partial charge < -0.3 is 0 Å². The van der Waals surface area contributed by atoms with Gasteiger partial charge in [-0.3, -0.25) is 4.79 Å². The molecule has 1 unspecified atom stereocenters. The van der Waals surface area contributed by atoms with Crippen LogP contribution in [-0.4, -0.2) is 11.5 Å². The highest BCUT2D eigenvalue weighted by molar-refractivity contribution is 6.44. The first-order valence-electron chi connectivity index (χ1n) is 8.90. The van der Waals surface area contributed by atoms with Gasteiger partial charge in [0.15, 0.2) is 5.78 Å². The van der Waals surface area contributed by atoms with E-state index in [0.29, 0.717) is 17.7 Å². The molecule has 0 bridgehead atoms. The zero-order valence-corrected chi connectivity index (χ0v) is 15.4. The lowest BCUT2D eigenvalue weighted by Gasteiger charge is -2.11. The molecular weight excluding hydrogens is 339 g/mol. The number of allylic oxidation sites excluding steroid dienone is 4. The highest BCUT2D eigenvalue weighted by atomic mass is 19.4. The molecule has 1 aliphatic rings. The summed E-state index contributed by atoms with van der Waals surface area (Å²) < 4.78 is 38.3. The summed E-state index contributed by atoms with van der Waals surface area (Å²) in [5.74, 6) is 0.107. The Kier molecular flexibility index (Phi) is 6.57. The van der Waals surface area contributed by atoms with Gasteiger partial charge >= 0.3 is 6.18 Å². The molecule has 5 heteroatoms. The van der Waals surface area contributed by atoms with Crippen molar-refractivity contribution in [1.29, 1.82) is 0 Å². The van der Waals surface area contributed by atoms with Crippen molar-refractivity contribution in [2.45, 2.75) is 52.6 Å². The second-order valence-electron chi connectivity index (χ2n) is 6.63. The molecule has 140 valence electrons. The summed E-state index contributed by atoms with van der Waals surface area (Å²) in [5, 5.41) is 0. The van der Waals surface area contributed by atoms with Gasteiger partial charge in [-0.1, -0.05) is 32.1 Å². The topological polar surface area (TPSA) is 29.4 Å². The molecule has 2 nitrogen and oxygen atoms in total. The number of hydrogen-bond acceptors (Lipinski definition) is 2. The Morgan fingerprint density at radius 1 is 1.23 bits per heavy atom. The number of carbonyl (C=O) groups excluding carboxylic acids is 1. The molecule has 0 amide bonds. The van der Waals surface area contributed by atoms with Crippen molar-refractivity contribution in [3.05, 3.63) is 53.2 Å². The van der Waals surface area contributed by atoms with E-state index < -0.39 is 11.7 Å². The Morgan fingerprint density at radius 3 is 2.42 bits per heavy atom. The van der Waals surface area contributed by atoms with Gasteiger partial charge in [0.2, 0.25) is 0 Å². The monoisotopic (exact) mass is 363 g/mol. The normalized spacial score (nSPS) is 19.2. The van der Waals surface area contributed by atoms with E-state index in [2.05, 4.69) is 24.9 Å². The molecule has 0 radical (unpaired) electrons. The van der Waals surface area contributed by atoms with E-state index in [1.165, 1.54) is 19.1 Å². The Bertz CT molecular complexity index is 740. The quantitative estimate of drug-likeness (QED) is 0.623. The van der Waals surface area contributed by atoms with Crippen molar-refractivity contribution < 1.29 is 18.0 Å². The molecule has 1 aromatic carbocycles. The van der Waals surface area contributed by atoms with Crippen LogP contribution >= 0.6 is 0 Å². The Balaban J connectivity index is 2.43. The molecule has 26 heavy (non-hydrogen) atoms. The molecule has 1 atom stereocenters. The van der Waals surface area contributed by atoms with Crippen LogP contribution in [0.15, 0.2) is 47.1 Å². The second-order valence-corrected chi connectivity index (χ2v) is 6.63. The fraction of sp³-hybridized carbons (Fsp3) is 0.429. The molecule has 0 saturated carbocycles. The number of rotatable bonds is 4. The molecule has 0 N–H and O–H groups in total. The van der Waals surface area contributed by atoms with Crippen LogP contribution in [0.3, 0.4) is 0 Å². The largest absolute Gasteiger partial charge is 0.416 e. The Labute approximate surface area is 152 Å². The van der Waals surface area contributed by atoms with Gasteiger partial charge in [0, 0.05) is 12.6 Å². The predicted molar refractivity (Wildman–Crippen MR) is 98.9 cm³/mol. The van der Waals surface area contributed by atoms with E-state index in [0.717, 1.165) is 42.7 Å². The van der Waals surface area contributed by atoms with Crippen molar-refractivity contribution >= 4 is 17.1 Å². The second kappa shape index (κ2) is 8.47. The first-order chi connectivity index (χ1) is 12.2. The molecule has 0 fully saturated rings. The Morgan fingerprint density at radius 2 is 1.88 bits per heavy atom. The highest BCUT2D eigenvalue weighted by Gasteiger charge is 2.30. The molecule has 1 aliphatic heterocycles. The van der Waals surface area contributed by atoms with Crippen molar-refractivity contribution in [1.82, 2.24) is 0 Å². The van der Waals surface area contributed by atoms with E-state index in [1.807, 2.05) is 0 Å². The lowest BCUT2D eigenvalue weighted by atomic mass is 9.97. The SMILES string of the molecule is CCC(C)C1=CCCC/C(c2ccc(C(F)(F)F)cc2)=C/C(C(C)=O)=N1. The zero-order valence-electron chi connectivity index (χ0n) is 15.4. The third kappa shape index (κ3) is 5.16. The third-order valence-corrected chi connectivity index (χ3v) is 4.63. The van der Waals surface area contributed by atoms with Crippen LogP contribution in [-0.2, 0) is 11.0 Å². The van der Waals surface area contributed by atoms with Gasteiger partial charge in [-0.05, 0) is 60.9 Å². The number of carbonyl (C=O) groups is 1.